The fourth-order valence-corrected chi connectivity index (χ4v) is 4.98. The first kappa shape index (κ1) is 24.8. The maximum Gasteiger partial charge on any atom is 0.326 e. The Kier molecular flexibility index (Phi) is 7.15. The summed E-state index contributed by atoms with van der Waals surface area (Å²) < 4.78 is 1.72. The van der Waals surface area contributed by atoms with Crippen LogP contribution < -0.4 is 10.9 Å². The molecule has 37 heavy (non-hydrogen) atoms. The van der Waals surface area contributed by atoms with Crippen LogP contribution in [0.4, 0.5) is 10.5 Å². The molecule has 2 aromatic carbocycles. The van der Waals surface area contributed by atoms with Gasteiger partial charge in [0.15, 0.2) is 5.69 Å². The number of H-pyrrole nitrogens is 1. The van der Waals surface area contributed by atoms with E-state index in [0.29, 0.717) is 28.7 Å². The molecule has 5 rings (SSSR count). The molecule has 2 aromatic heterocycles. The summed E-state index contributed by atoms with van der Waals surface area (Å²) >= 11 is 12.1. The van der Waals surface area contributed by atoms with Crippen molar-refractivity contribution in [3.05, 3.63) is 115 Å². The van der Waals surface area contributed by atoms with Crippen molar-refractivity contribution in [3.63, 3.8) is 0 Å². The Bertz CT molecular complexity index is 1630. The number of rotatable bonds is 5. The van der Waals surface area contributed by atoms with E-state index in [-0.39, 0.29) is 18.1 Å². The standard InChI is InChI=1S/C28H23Cl2N5O2/c1-31-20-5-7-25-21(15-20)22-17-34(11-2-3-18-4-6-23(29)24(30)13-18)12-9-26(22)35(25)28(37)33-16-19-8-10-32-27(36)14-19/h2-8,10,13-15H,9,11-12,16-17H2,(H,32,36)(H,33,37)/b3-2+. The van der Waals surface area contributed by atoms with Crippen LogP contribution in [0.1, 0.15) is 22.4 Å². The average Bonchev–Trinajstić information content (AvgIpc) is 3.22. The number of nitrogens with one attached hydrogen (secondary N) is 2. The highest BCUT2D eigenvalue weighted by molar-refractivity contribution is 6.42. The van der Waals surface area contributed by atoms with Gasteiger partial charge < -0.3 is 10.3 Å². The van der Waals surface area contributed by atoms with Crippen molar-refractivity contribution in [2.75, 3.05) is 13.1 Å². The number of benzene rings is 2. The van der Waals surface area contributed by atoms with E-state index in [9.17, 15) is 9.59 Å². The number of amides is 1. The van der Waals surface area contributed by atoms with Crippen molar-refractivity contribution in [3.8, 4) is 0 Å². The molecule has 3 heterocycles. The van der Waals surface area contributed by atoms with Crippen molar-refractivity contribution < 1.29 is 4.79 Å². The Labute approximate surface area is 223 Å². The predicted octanol–water partition coefficient (Wildman–Crippen LogP) is 6.02. The highest BCUT2D eigenvalue weighted by Crippen LogP contribution is 2.33. The SMILES string of the molecule is [C-]#[N+]c1ccc2c(c1)c1c(n2C(=O)NCc2cc[nH]c(=O)c2)CCN(C/C=C/c2ccc(Cl)c(Cl)c2)C1. The zero-order valence-electron chi connectivity index (χ0n) is 19.8. The smallest absolute Gasteiger partial charge is 0.326 e. The lowest BCUT2D eigenvalue weighted by Crippen LogP contribution is -2.34. The minimum absolute atomic E-state index is 0.212. The number of aromatic amines is 1. The summed E-state index contributed by atoms with van der Waals surface area (Å²) in [5.41, 5.74) is 4.80. The fourth-order valence-electron chi connectivity index (χ4n) is 4.67. The van der Waals surface area contributed by atoms with Crippen molar-refractivity contribution in [2.45, 2.75) is 19.5 Å². The number of carbonyl (C=O) groups excluding carboxylic acids is 1. The van der Waals surface area contributed by atoms with E-state index < -0.39 is 0 Å². The van der Waals surface area contributed by atoms with Gasteiger partial charge >= 0.3 is 6.03 Å². The first-order chi connectivity index (χ1) is 17.9. The van der Waals surface area contributed by atoms with Gasteiger partial charge in [0, 0.05) is 50.6 Å². The van der Waals surface area contributed by atoms with Gasteiger partial charge in [-0.3, -0.25) is 14.3 Å². The lowest BCUT2D eigenvalue weighted by atomic mass is 10.0. The number of aromatic nitrogens is 2. The van der Waals surface area contributed by atoms with Crippen LogP contribution in [0.5, 0.6) is 0 Å². The third kappa shape index (κ3) is 5.32. The maximum atomic E-state index is 13.3. The van der Waals surface area contributed by atoms with Crippen LogP contribution in [0.15, 0.2) is 65.6 Å². The van der Waals surface area contributed by atoms with E-state index in [1.807, 2.05) is 30.3 Å². The summed E-state index contributed by atoms with van der Waals surface area (Å²) in [6.45, 7) is 9.85. The molecule has 2 N–H and O–H groups in total. The Morgan fingerprint density at radius 3 is 2.78 bits per heavy atom. The summed E-state index contributed by atoms with van der Waals surface area (Å²) in [5.74, 6) is 0. The Morgan fingerprint density at radius 2 is 2.00 bits per heavy atom. The molecule has 0 atom stereocenters. The molecule has 0 spiro atoms. The molecule has 186 valence electrons. The second-order valence-electron chi connectivity index (χ2n) is 8.85. The van der Waals surface area contributed by atoms with E-state index in [1.165, 1.54) is 6.07 Å². The van der Waals surface area contributed by atoms with E-state index in [0.717, 1.165) is 46.4 Å². The van der Waals surface area contributed by atoms with Crippen LogP contribution in [0, 0.1) is 6.57 Å². The molecule has 1 amide bonds. The Balaban J connectivity index is 1.39. The molecular formula is C28H23Cl2N5O2. The van der Waals surface area contributed by atoms with Crippen LogP contribution in [0.2, 0.25) is 10.0 Å². The molecule has 0 saturated heterocycles. The van der Waals surface area contributed by atoms with E-state index in [4.69, 9.17) is 29.8 Å². The molecule has 9 heteroatoms. The van der Waals surface area contributed by atoms with Gasteiger partial charge in [-0.15, -0.1) is 0 Å². The van der Waals surface area contributed by atoms with Gasteiger partial charge in [0.1, 0.15) is 0 Å². The number of hydrogen-bond donors (Lipinski definition) is 2. The quantitative estimate of drug-likeness (QED) is 0.309. The molecule has 0 aliphatic carbocycles. The van der Waals surface area contributed by atoms with Gasteiger partial charge in [0.2, 0.25) is 5.56 Å². The van der Waals surface area contributed by atoms with E-state index in [2.05, 4.69) is 26.1 Å². The highest BCUT2D eigenvalue weighted by Gasteiger charge is 2.26. The molecule has 0 saturated carbocycles. The van der Waals surface area contributed by atoms with Crippen molar-refractivity contribution in [1.29, 1.82) is 0 Å². The first-order valence-electron chi connectivity index (χ1n) is 11.8. The minimum Gasteiger partial charge on any atom is -0.333 e. The molecule has 1 aliphatic rings. The molecule has 0 bridgehead atoms. The van der Waals surface area contributed by atoms with Crippen LogP contribution in [-0.4, -0.2) is 33.6 Å². The van der Waals surface area contributed by atoms with E-state index >= 15 is 0 Å². The highest BCUT2D eigenvalue weighted by atomic mass is 35.5. The number of hydrogen-bond acceptors (Lipinski definition) is 3. The number of carbonyl (C=O) groups is 1. The maximum absolute atomic E-state index is 13.3. The van der Waals surface area contributed by atoms with Gasteiger partial charge in [0.25, 0.3) is 0 Å². The number of pyridine rings is 1. The molecule has 0 fully saturated rings. The lowest BCUT2D eigenvalue weighted by molar-refractivity contribution is 0.240. The third-order valence-electron chi connectivity index (χ3n) is 6.44. The number of fused-ring (bicyclic) bond motifs is 3. The second kappa shape index (κ2) is 10.7. The minimum atomic E-state index is -0.255. The fraction of sp³-hybridized carbons (Fsp3) is 0.179. The summed E-state index contributed by atoms with van der Waals surface area (Å²) in [4.78, 5) is 33.4. The topological polar surface area (TPSA) is 74.5 Å². The van der Waals surface area contributed by atoms with Crippen molar-refractivity contribution in [2.24, 2.45) is 0 Å². The van der Waals surface area contributed by atoms with Crippen molar-refractivity contribution in [1.82, 2.24) is 19.8 Å². The lowest BCUT2D eigenvalue weighted by Gasteiger charge is -2.27. The Hall–Kier alpha value is -3.83. The van der Waals surface area contributed by atoms with E-state index in [1.54, 1.807) is 29.0 Å². The van der Waals surface area contributed by atoms with Gasteiger partial charge in [-0.25, -0.2) is 9.64 Å². The average molecular weight is 532 g/mol. The van der Waals surface area contributed by atoms with Crippen LogP contribution in [0.25, 0.3) is 21.8 Å². The Morgan fingerprint density at radius 1 is 1.14 bits per heavy atom. The monoisotopic (exact) mass is 531 g/mol. The second-order valence-corrected chi connectivity index (χ2v) is 9.67. The predicted molar refractivity (Wildman–Crippen MR) is 147 cm³/mol. The molecule has 7 nitrogen and oxygen atoms in total. The van der Waals surface area contributed by atoms with Crippen LogP contribution in [0.3, 0.4) is 0 Å². The first-order valence-corrected chi connectivity index (χ1v) is 12.5. The van der Waals surface area contributed by atoms with Crippen LogP contribution in [-0.2, 0) is 19.5 Å². The van der Waals surface area contributed by atoms with Gasteiger partial charge in [-0.05, 0) is 52.4 Å². The summed E-state index contributed by atoms with van der Waals surface area (Å²) in [7, 11) is 0. The van der Waals surface area contributed by atoms with Gasteiger partial charge in [-0.1, -0.05) is 47.5 Å². The molecule has 4 aromatic rings. The molecule has 0 unspecified atom stereocenters. The third-order valence-corrected chi connectivity index (χ3v) is 7.18. The summed E-state index contributed by atoms with van der Waals surface area (Å²) in [6.07, 6.45) is 6.35. The van der Waals surface area contributed by atoms with Crippen LogP contribution >= 0.6 is 23.2 Å². The zero-order chi connectivity index (χ0) is 25.9. The summed E-state index contributed by atoms with van der Waals surface area (Å²) in [5, 5.41) is 4.89. The van der Waals surface area contributed by atoms with Gasteiger partial charge in [-0.2, -0.15) is 0 Å². The largest absolute Gasteiger partial charge is 0.333 e. The van der Waals surface area contributed by atoms with Crippen molar-refractivity contribution >= 4 is 51.9 Å². The molecule has 1 aliphatic heterocycles. The normalized spacial score (nSPS) is 13.5. The summed E-state index contributed by atoms with van der Waals surface area (Å²) in [6, 6.07) is 13.9. The number of nitrogens with zero attached hydrogens (tertiary/aromatic N) is 3. The number of halogens is 2. The molecular weight excluding hydrogens is 509 g/mol. The molecule has 0 radical (unpaired) electrons. The van der Waals surface area contributed by atoms with Gasteiger partial charge in [0.05, 0.1) is 22.1 Å². The zero-order valence-corrected chi connectivity index (χ0v) is 21.3.